The van der Waals surface area contributed by atoms with Gasteiger partial charge in [-0.25, -0.2) is 4.79 Å². The quantitative estimate of drug-likeness (QED) is 0.0164. The maximum atomic E-state index is 13.6. The van der Waals surface area contributed by atoms with E-state index in [9.17, 15) is 10.1 Å². The number of esters is 1. The Morgan fingerprint density at radius 2 is 0.800 bits per heavy atom. The number of carbonyl (C=O) groups excluding carboxylic acids is 1. The van der Waals surface area contributed by atoms with Crippen molar-refractivity contribution in [3.05, 3.63) is 97.7 Å². The third-order valence-electron chi connectivity index (χ3n) is 19.3. The lowest BCUT2D eigenvalue weighted by atomic mass is 10.0. The van der Waals surface area contributed by atoms with Crippen LogP contribution in [-0.4, -0.2) is 21.3 Å². The largest absolute Gasteiger partial charge is 0.461 e. The van der Waals surface area contributed by atoms with E-state index in [-0.39, 0.29) is 5.57 Å². The third kappa shape index (κ3) is 23.3. The van der Waals surface area contributed by atoms with Gasteiger partial charge in [-0.2, -0.15) is 14.0 Å². The van der Waals surface area contributed by atoms with Crippen LogP contribution in [0.25, 0.3) is 77.0 Å². The summed E-state index contributed by atoms with van der Waals surface area (Å²) in [5.41, 5.74) is 11.9. The Labute approximate surface area is 603 Å². The minimum atomic E-state index is -0.502. The van der Waals surface area contributed by atoms with Crippen LogP contribution in [0.5, 0.6) is 0 Å². The van der Waals surface area contributed by atoms with E-state index >= 15 is 0 Å². The molecule has 0 saturated heterocycles. The van der Waals surface area contributed by atoms with Gasteiger partial charge in [-0.3, -0.25) is 0 Å². The molecule has 0 aliphatic carbocycles. The lowest BCUT2D eigenvalue weighted by Crippen LogP contribution is -2.14. The number of aryl methyl sites for hydroxylation is 6. The highest BCUT2D eigenvalue weighted by Gasteiger charge is 2.25. The Hall–Kier alpha value is -4.06. The molecule has 0 amide bonds. The summed E-state index contributed by atoms with van der Waals surface area (Å²) in [6.45, 7) is 18.6. The molecule has 8 rings (SSSR count). The summed E-state index contributed by atoms with van der Waals surface area (Å²) in [6, 6.07) is 24.3. The summed E-state index contributed by atoms with van der Waals surface area (Å²) in [5, 5.41) is 10.4. The predicted octanol–water partition coefficient (Wildman–Crippen LogP) is 29.6. The first-order valence-corrected chi connectivity index (χ1v) is 43.5. The van der Waals surface area contributed by atoms with Crippen molar-refractivity contribution < 1.29 is 9.53 Å². The summed E-state index contributed by atoms with van der Waals surface area (Å²) in [4.78, 5) is 29.7. The molecule has 0 aliphatic rings. The number of nitriles is 1. The minimum absolute atomic E-state index is 0.0912. The molecule has 0 N–H and O–H groups in total. The lowest BCUT2D eigenvalue weighted by molar-refractivity contribution is -0.139. The number of ether oxygens (including phenoxy) is 1. The normalized spacial score (nSPS) is 12.3. The molecule has 8 aromatic rings. The number of hydrogen-bond donors (Lipinski definition) is 0. The average molecular weight is 1410 g/mol. The van der Waals surface area contributed by atoms with E-state index in [0.717, 1.165) is 80.1 Å². The van der Waals surface area contributed by atoms with Crippen LogP contribution in [-0.2, 0) is 41.6 Å². The zero-order valence-corrected chi connectivity index (χ0v) is 65.4. The molecular weight excluding hydrogens is 1300 g/mol. The number of benzene rings is 1. The van der Waals surface area contributed by atoms with Crippen molar-refractivity contribution in [2.75, 3.05) is 6.61 Å². The number of fused-ring (bicyclic) bond motifs is 1. The van der Waals surface area contributed by atoms with Crippen LogP contribution in [0.4, 0.5) is 0 Å². The number of hydrogen-bond acceptors (Lipinski definition) is 12. The van der Waals surface area contributed by atoms with Crippen molar-refractivity contribution in [1.29, 1.82) is 5.26 Å². The molecule has 0 fully saturated rings. The molecule has 516 valence electrons. The molecule has 5 nitrogen and oxygen atoms in total. The van der Waals surface area contributed by atoms with Crippen LogP contribution < -0.4 is 0 Å². The average Bonchev–Trinajstić information content (AvgIpc) is 1.65. The minimum Gasteiger partial charge on any atom is -0.461 e. The van der Waals surface area contributed by atoms with Gasteiger partial charge in [0, 0.05) is 69.7 Å². The van der Waals surface area contributed by atoms with Crippen molar-refractivity contribution in [3.8, 4) is 66.0 Å². The van der Waals surface area contributed by atoms with Crippen molar-refractivity contribution in [3.63, 3.8) is 0 Å². The van der Waals surface area contributed by atoms with Crippen molar-refractivity contribution >= 4 is 103 Å². The van der Waals surface area contributed by atoms with Gasteiger partial charge in [0.05, 0.1) is 18.3 Å². The van der Waals surface area contributed by atoms with Gasteiger partial charge in [0.2, 0.25) is 0 Å². The van der Waals surface area contributed by atoms with Crippen LogP contribution in [0.2, 0.25) is 0 Å². The Morgan fingerprint density at radius 3 is 1.24 bits per heavy atom. The number of rotatable bonds is 49. The van der Waals surface area contributed by atoms with Crippen LogP contribution in [0.1, 0.15) is 304 Å². The number of thiophene rings is 6. The smallest absolute Gasteiger partial charge is 0.348 e. The zero-order chi connectivity index (χ0) is 67.0. The second-order valence-corrected chi connectivity index (χ2v) is 34.3. The summed E-state index contributed by atoms with van der Waals surface area (Å²) < 4.78 is 16.0. The van der Waals surface area contributed by atoms with Gasteiger partial charge in [0.15, 0.2) is 0 Å². The van der Waals surface area contributed by atoms with Gasteiger partial charge in [-0.05, 0) is 160 Å². The molecular formula is C83H115N3O2S7. The van der Waals surface area contributed by atoms with Gasteiger partial charge < -0.3 is 4.74 Å². The number of aromatic nitrogens is 2. The fourth-order valence-corrected chi connectivity index (χ4v) is 21.5. The molecule has 7 heterocycles. The third-order valence-corrected chi connectivity index (χ3v) is 27.5. The van der Waals surface area contributed by atoms with Crippen LogP contribution in [0.15, 0.2) is 60.2 Å². The highest BCUT2D eigenvalue weighted by molar-refractivity contribution is 7.30. The maximum absolute atomic E-state index is 13.6. The first-order valence-electron chi connectivity index (χ1n) is 37.9. The highest BCUT2D eigenvalue weighted by Crippen LogP contribution is 2.52. The second kappa shape index (κ2) is 42.8. The van der Waals surface area contributed by atoms with Crippen molar-refractivity contribution in [1.82, 2.24) is 8.75 Å². The molecule has 1 unspecified atom stereocenters. The van der Waals surface area contributed by atoms with Crippen LogP contribution in [0.3, 0.4) is 0 Å². The van der Waals surface area contributed by atoms with E-state index in [4.69, 9.17) is 13.5 Å². The van der Waals surface area contributed by atoms with Gasteiger partial charge in [-0.15, -0.1) is 68.0 Å². The summed E-state index contributed by atoms with van der Waals surface area (Å²) in [5.74, 6) is -0.187. The molecule has 0 saturated carbocycles. The second-order valence-electron chi connectivity index (χ2n) is 27.1. The van der Waals surface area contributed by atoms with E-state index in [1.54, 1.807) is 11.3 Å². The molecule has 0 spiro atoms. The SMILES string of the molecule is CCCCCCCCc1cc(-c2ccc(-c3cc(CCCCCCCC)c(-c4cc(CCCCCCCC)c(-c5ccc(-c6sc(-c7sc(/C=C(\C#N)C(=O)OCC(CC)CCCC)cc7CCCCCCCC)cc6CCCCCCCC)s5)s4)s3)c3nsnc23)sc1C. The standard InChI is InChI=1S/C83H115N3O2S7/c1-9-16-22-27-32-37-43-62-54-73(89-60(62)8)69-48-49-70(78-77(69)85-95-86-78)74-55-64(45-39-34-29-24-18-11-3)82(92-74)76-57-66(47-41-36-31-26-20-13-5)80(94-76)72-51-50-71(91-72)79-65(46-40-35-30-25-19-12-4)56-75(93-79)81-63(44-38-33-28-23-17-10-2)52-68(90-81)53-67(58-84)83(87)88-59-61(15-7)42-21-14-6/h48-57,61H,9-47,59H2,1-8H3/b67-53+. The summed E-state index contributed by atoms with van der Waals surface area (Å²) >= 11 is 13.0. The van der Waals surface area contributed by atoms with Crippen molar-refractivity contribution in [2.24, 2.45) is 5.92 Å². The van der Waals surface area contributed by atoms with Gasteiger partial charge >= 0.3 is 5.97 Å². The van der Waals surface area contributed by atoms with E-state index < -0.39 is 5.97 Å². The summed E-state index contributed by atoms with van der Waals surface area (Å²) in [7, 11) is 0. The molecule has 1 atom stereocenters. The monoisotopic (exact) mass is 1410 g/mol. The van der Waals surface area contributed by atoms with Gasteiger partial charge in [0.1, 0.15) is 22.7 Å². The van der Waals surface area contributed by atoms with E-state index in [0.29, 0.717) is 12.5 Å². The van der Waals surface area contributed by atoms with Crippen LogP contribution in [0, 0.1) is 24.2 Å². The van der Waals surface area contributed by atoms with Gasteiger partial charge in [-0.1, -0.05) is 240 Å². The maximum Gasteiger partial charge on any atom is 0.348 e. The van der Waals surface area contributed by atoms with Gasteiger partial charge in [0.25, 0.3) is 0 Å². The van der Waals surface area contributed by atoms with E-state index in [1.165, 1.54) is 291 Å². The fraction of sp³-hybridized carbons (Fsp3) is 0.590. The van der Waals surface area contributed by atoms with E-state index in [2.05, 4.69) is 116 Å². The molecule has 0 bridgehead atoms. The number of unbranched alkanes of at least 4 members (excludes halogenated alkanes) is 26. The topological polar surface area (TPSA) is 75.9 Å². The first kappa shape index (κ1) is 76.7. The molecule has 0 radical (unpaired) electrons. The van der Waals surface area contributed by atoms with E-state index in [1.807, 2.05) is 62.8 Å². The van der Waals surface area contributed by atoms with Crippen molar-refractivity contribution in [2.45, 2.75) is 306 Å². The lowest BCUT2D eigenvalue weighted by Gasteiger charge is -2.14. The molecule has 95 heavy (non-hydrogen) atoms. The fourth-order valence-electron chi connectivity index (χ4n) is 13.4. The Morgan fingerprint density at radius 1 is 0.432 bits per heavy atom. The molecule has 12 heteroatoms. The summed E-state index contributed by atoms with van der Waals surface area (Å²) in [6.07, 6.45) is 49.8. The van der Waals surface area contributed by atoms with Crippen LogP contribution >= 0.6 is 79.7 Å². The zero-order valence-electron chi connectivity index (χ0n) is 59.7. The molecule has 7 aromatic heterocycles. The Kier molecular flexibility index (Phi) is 34.5. The number of nitrogens with zero attached hydrogens (tertiary/aromatic N) is 3. The first-order chi connectivity index (χ1) is 46.6. The molecule has 1 aromatic carbocycles. The Bertz CT molecular complexity index is 3580. The highest BCUT2D eigenvalue weighted by atomic mass is 32.1. The number of carbonyl (C=O) groups is 1. The molecule has 0 aliphatic heterocycles. The Balaban J connectivity index is 1.15. The predicted molar refractivity (Wildman–Crippen MR) is 425 cm³/mol.